The molecule has 0 bridgehead atoms. The van der Waals surface area contributed by atoms with Gasteiger partial charge in [-0.1, -0.05) is 55.8 Å². The molecular formula is C26H41ClN4O3. The van der Waals surface area contributed by atoms with E-state index in [9.17, 15) is 9.59 Å². The summed E-state index contributed by atoms with van der Waals surface area (Å²) in [5, 5.41) is 9.79. The topological polar surface area (TPSA) is 82.7 Å². The fourth-order valence-corrected chi connectivity index (χ4v) is 5.60. The second-order valence-electron chi connectivity index (χ2n) is 9.75. The minimum atomic E-state index is -0.304. The molecule has 1 aromatic carbocycles. The number of benzene rings is 1. The minimum absolute atomic E-state index is 0.00287. The van der Waals surface area contributed by atoms with E-state index in [-0.39, 0.29) is 36.6 Å². The number of rotatable bonds is 10. The zero-order valence-corrected chi connectivity index (χ0v) is 21.4. The van der Waals surface area contributed by atoms with Crippen molar-refractivity contribution in [2.24, 2.45) is 11.8 Å². The Morgan fingerprint density at radius 3 is 2.65 bits per heavy atom. The van der Waals surface area contributed by atoms with E-state index in [4.69, 9.17) is 16.3 Å². The molecule has 1 aliphatic heterocycles. The van der Waals surface area contributed by atoms with E-state index >= 15 is 0 Å². The summed E-state index contributed by atoms with van der Waals surface area (Å²) in [6.07, 6.45) is 9.04. The van der Waals surface area contributed by atoms with Crippen LogP contribution in [0.4, 0.5) is 4.79 Å². The highest BCUT2D eigenvalue weighted by Gasteiger charge is 2.32. The van der Waals surface area contributed by atoms with Crippen LogP contribution in [-0.4, -0.2) is 63.2 Å². The monoisotopic (exact) mass is 492 g/mol. The standard InChI is InChI=1S/C26H41ClN4O3/c1-28-16-23(14-19-8-4-3-5-9-19)30-26(33)31-13-7-11-21(17-31)25(34-18-24(32)29-2)20-10-6-12-22(27)15-20/h6,10,12,15,19,21,23,25,28H,3-5,7-9,11,13-14,16-18H2,1-2H3,(H,29,32)(H,30,33)/t21-,23+,25-/m1/s1. The van der Waals surface area contributed by atoms with Gasteiger partial charge in [-0.3, -0.25) is 4.79 Å². The highest BCUT2D eigenvalue weighted by atomic mass is 35.5. The highest BCUT2D eigenvalue weighted by molar-refractivity contribution is 6.30. The summed E-state index contributed by atoms with van der Waals surface area (Å²) >= 11 is 6.25. The SMILES string of the molecule is CNC[C@H](CC1CCCCC1)NC(=O)N1CCC[C@@H]([C@H](OCC(=O)NC)c2cccc(Cl)c2)C1. The van der Waals surface area contributed by atoms with Crippen LogP contribution < -0.4 is 16.0 Å². The molecule has 3 rings (SSSR count). The van der Waals surface area contributed by atoms with E-state index < -0.39 is 0 Å². The number of hydrogen-bond acceptors (Lipinski definition) is 4. The maximum Gasteiger partial charge on any atom is 0.317 e. The maximum absolute atomic E-state index is 13.3. The Bertz CT molecular complexity index is 787. The van der Waals surface area contributed by atoms with E-state index in [1.807, 2.05) is 36.2 Å². The Morgan fingerprint density at radius 1 is 1.15 bits per heavy atom. The lowest BCUT2D eigenvalue weighted by Crippen LogP contribution is -2.52. The van der Waals surface area contributed by atoms with Gasteiger partial charge in [-0.25, -0.2) is 4.79 Å². The molecule has 0 unspecified atom stereocenters. The first-order chi connectivity index (χ1) is 16.5. The Morgan fingerprint density at radius 2 is 1.94 bits per heavy atom. The minimum Gasteiger partial charge on any atom is -0.363 e. The van der Waals surface area contributed by atoms with E-state index in [1.165, 1.54) is 32.1 Å². The number of likely N-dealkylation sites (N-methyl/N-ethyl adjacent to an activating group) is 2. The van der Waals surface area contributed by atoms with Gasteiger partial charge in [-0.05, 0) is 49.9 Å². The Kier molecular flexibility index (Phi) is 10.9. The van der Waals surface area contributed by atoms with E-state index in [1.54, 1.807) is 7.05 Å². The molecule has 8 heteroatoms. The quantitative estimate of drug-likeness (QED) is 0.458. The average Bonchev–Trinajstić information content (AvgIpc) is 2.85. The molecular weight excluding hydrogens is 452 g/mol. The first-order valence-electron chi connectivity index (χ1n) is 12.8. The normalized spacial score (nSPS) is 21.0. The molecule has 3 N–H and O–H groups in total. The fourth-order valence-electron chi connectivity index (χ4n) is 5.40. The zero-order valence-electron chi connectivity index (χ0n) is 20.7. The molecule has 1 aromatic rings. The van der Waals surface area contributed by atoms with Gasteiger partial charge in [0.15, 0.2) is 0 Å². The third kappa shape index (κ3) is 8.14. The number of nitrogens with zero attached hydrogens (tertiary/aromatic N) is 1. The van der Waals surface area contributed by atoms with Crippen molar-refractivity contribution in [3.05, 3.63) is 34.9 Å². The molecule has 34 heavy (non-hydrogen) atoms. The fraction of sp³-hybridized carbons (Fsp3) is 0.692. The first-order valence-corrected chi connectivity index (χ1v) is 13.2. The molecule has 0 radical (unpaired) electrons. The van der Waals surface area contributed by atoms with Crippen molar-refractivity contribution in [1.29, 1.82) is 0 Å². The number of likely N-dealkylation sites (tertiary alicyclic amines) is 1. The summed E-state index contributed by atoms with van der Waals surface area (Å²) in [7, 11) is 3.54. The third-order valence-electron chi connectivity index (χ3n) is 7.14. The van der Waals surface area contributed by atoms with Crippen molar-refractivity contribution in [3.63, 3.8) is 0 Å². The van der Waals surface area contributed by atoms with Crippen molar-refractivity contribution in [1.82, 2.24) is 20.9 Å². The Balaban J connectivity index is 1.65. The van der Waals surface area contributed by atoms with Crippen LogP contribution in [0.25, 0.3) is 0 Å². The molecule has 2 fully saturated rings. The van der Waals surface area contributed by atoms with Crippen molar-refractivity contribution in [2.75, 3.05) is 40.3 Å². The zero-order chi connectivity index (χ0) is 24.3. The lowest BCUT2D eigenvalue weighted by molar-refractivity contribution is -0.129. The maximum atomic E-state index is 13.3. The third-order valence-corrected chi connectivity index (χ3v) is 7.38. The molecule has 1 saturated heterocycles. The summed E-state index contributed by atoms with van der Waals surface area (Å²) < 4.78 is 6.08. The van der Waals surface area contributed by atoms with Crippen LogP contribution >= 0.6 is 11.6 Å². The van der Waals surface area contributed by atoms with Gasteiger partial charge >= 0.3 is 6.03 Å². The number of piperidine rings is 1. The van der Waals surface area contributed by atoms with Gasteiger partial charge in [0.05, 0.1) is 6.10 Å². The van der Waals surface area contributed by atoms with Gasteiger partial charge in [0, 0.05) is 43.7 Å². The second-order valence-corrected chi connectivity index (χ2v) is 10.2. The lowest BCUT2D eigenvalue weighted by Gasteiger charge is -2.38. The van der Waals surface area contributed by atoms with Crippen molar-refractivity contribution >= 4 is 23.5 Å². The van der Waals surface area contributed by atoms with Crippen LogP contribution in [0.1, 0.15) is 63.0 Å². The largest absolute Gasteiger partial charge is 0.363 e. The number of nitrogens with one attached hydrogen (secondary N) is 3. The Hall–Kier alpha value is -1.83. The summed E-state index contributed by atoms with van der Waals surface area (Å²) in [6, 6.07) is 7.73. The van der Waals surface area contributed by atoms with Gasteiger partial charge in [-0.15, -0.1) is 0 Å². The summed E-state index contributed by atoms with van der Waals surface area (Å²) in [5.74, 6) is 0.616. The van der Waals surface area contributed by atoms with E-state index in [0.29, 0.717) is 17.5 Å². The molecule has 1 saturated carbocycles. The van der Waals surface area contributed by atoms with Crippen LogP contribution in [0.5, 0.6) is 0 Å². The number of carbonyl (C=O) groups is 2. The highest BCUT2D eigenvalue weighted by Crippen LogP contribution is 2.34. The first kappa shape index (κ1) is 26.8. The van der Waals surface area contributed by atoms with Crippen molar-refractivity contribution in [2.45, 2.75) is 63.5 Å². The molecule has 3 atom stereocenters. The van der Waals surface area contributed by atoms with E-state index in [2.05, 4.69) is 16.0 Å². The number of ether oxygens (including phenoxy) is 1. The smallest absolute Gasteiger partial charge is 0.317 e. The molecule has 0 spiro atoms. The van der Waals surface area contributed by atoms with Gasteiger partial charge in [-0.2, -0.15) is 0 Å². The van der Waals surface area contributed by atoms with Crippen LogP contribution in [0.2, 0.25) is 5.02 Å². The van der Waals surface area contributed by atoms with Crippen molar-refractivity contribution < 1.29 is 14.3 Å². The number of amides is 3. The average molecular weight is 493 g/mol. The summed E-state index contributed by atoms with van der Waals surface area (Å²) in [5.41, 5.74) is 0.939. The molecule has 1 aliphatic carbocycles. The molecule has 190 valence electrons. The molecule has 1 heterocycles. The van der Waals surface area contributed by atoms with Gasteiger partial charge in [0.2, 0.25) is 5.91 Å². The number of hydrogen-bond donors (Lipinski definition) is 3. The predicted molar refractivity (Wildman–Crippen MR) is 136 cm³/mol. The van der Waals surface area contributed by atoms with Crippen molar-refractivity contribution in [3.8, 4) is 0 Å². The summed E-state index contributed by atoms with van der Waals surface area (Å²) in [4.78, 5) is 27.0. The van der Waals surface area contributed by atoms with Crippen LogP contribution in [0.15, 0.2) is 24.3 Å². The molecule has 2 aliphatic rings. The van der Waals surface area contributed by atoms with Gasteiger partial charge < -0.3 is 25.6 Å². The van der Waals surface area contributed by atoms with Gasteiger partial charge in [0.25, 0.3) is 0 Å². The second kappa shape index (κ2) is 13.9. The van der Waals surface area contributed by atoms with Crippen LogP contribution in [-0.2, 0) is 9.53 Å². The van der Waals surface area contributed by atoms with Crippen LogP contribution in [0, 0.1) is 11.8 Å². The number of urea groups is 1. The number of carbonyl (C=O) groups excluding carboxylic acids is 2. The molecule has 7 nitrogen and oxygen atoms in total. The van der Waals surface area contributed by atoms with Gasteiger partial charge in [0.1, 0.15) is 6.61 Å². The van der Waals surface area contributed by atoms with Crippen LogP contribution in [0.3, 0.4) is 0 Å². The summed E-state index contributed by atoms with van der Waals surface area (Å²) in [6.45, 7) is 2.07. The molecule has 3 amide bonds. The predicted octanol–water partition coefficient (Wildman–Crippen LogP) is 4.12. The Labute approximate surface area is 209 Å². The lowest BCUT2D eigenvalue weighted by atomic mass is 9.85. The number of halogens is 1. The van der Waals surface area contributed by atoms with E-state index in [0.717, 1.165) is 37.9 Å². The molecule has 0 aromatic heterocycles.